The maximum Gasteiger partial charge on any atom is 0.274 e. The first kappa shape index (κ1) is 18.3. The van der Waals surface area contributed by atoms with Gasteiger partial charge in [-0.15, -0.1) is 11.8 Å². The third kappa shape index (κ3) is 4.10. The van der Waals surface area contributed by atoms with E-state index >= 15 is 0 Å². The van der Waals surface area contributed by atoms with Crippen LogP contribution in [0.1, 0.15) is 22.3 Å². The SMILES string of the molecule is CSc1ccc(C2=NN(C(=O)c3cccc(Oc4ccccc4)c3)CC2)cc1. The van der Waals surface area contributed by atoms with Crippen LogP contribution in [0.25, 0.3) is 0 Å². The molecule has 0 atom stereocenters. The molecule has 4 rings (SSSR count). The van der Waals surface area contributed by atoms with Crippen molar-refractivity contribution < 1.29 is 9.53 Å². The summed E-state index contributed by atoms with van der Waals surface area (Å²) in [6.45, 7) is 0.586. The molecule has 0 bridgehead atoms. The van der Waals surface area contributed by atoms with Gasteiger partial charge in [0.15, 0.2) is 0 Å². The van der Waals surface area contributed by atoms with Crippen molar-refractivity contribution in [2.75, 3.05) is 12.8 Å². The van der Waals surface area contributed by atoms with Gasteiger partial charge in [-0.25, -0.2) is 5.01 Å². The smallest absolute Gasteiger partial charge is 0.274 e. The molecule has 3 aromatic carbocycles. The zero-order valence-corrected chi connectivity index (χ0v) is 16.4. The second-order valence-electron chi connectivity index (χ2n) is 6.40. The fourth-order valence-corrected chi connectivity index (χ4v) is 3.46. The third-order valence-corrected chi connectivity index (χ3v) is 5.26. The minimum Gasteiger partial charge on any atom is -0.457 e. The molecule has 0 saturated carbocycles. The van der Waals surface area contributed by atoms with Crippen LogP contribution in [-0.4, -0.2) is 29.4 Å². The molecule has 0 N–H and O–H groups in total. The summed E-state index contributed by atoms with van der Waals surface area (Å²) in [5.41, 5.74) is 2.57. The summed E-state index contributed by atoms with van der Waals surface area (Å²) in [5.74, 6) is 1.25. The Hall–Kier alpha value is -3.05. The number of ether oxygens (including phenoxy) is 1. The second-order valence-corrected chi connectivity index (χ2v) is 7.28. The zero-order valence-electron chi connectivity index (χ0n) is 15.5. The number of benzene rings is 3. The first-order valence-corrected chi connectivity index (χ1v) is 10.3. The van der Waals surface area contributed by atoms with Crippen molar-refractivity contribution in [3.8, 4) is 11.5 Å². The lowest BCUT2D eigenvalue weighted by Crippen LogP contribution is -2.23. The molecular formula is C23H20N2O2S. The van der Waals surface area contributed by atoms with Crippen LogP contribution in [0.3, 0.4) is 0 Å². The van der Waals surface area contributed by atoms with E-state index in [1.807, 2.05) is 42.5 Å². The number of para-hydroxylation sites is 1. The number of hydrogen-bond acceptors (Lipinski definition) is 4. The molecule has 1 amide bonds. The lowest BCUT2D eigenvalue weighted by molar-refractivity contribution is 0.0778. The monoisotopic (exact) mass is 388 g/mol. The van der Waals surface area contributed by atoms with Crippen molar-refractivity contribution in [2.45, 2.75) is 11.3 Å². The van der Waals surface area contributed by atoms with Crippen LogP contribution in [0, 0.1) is 0 Å². The summed E-state index contributed by atoms with van der Waals surface area (Å²) in [5, 5.41) is 6.10. The minimum absolute atomic E-state index is 0.116. The highest BCUT2D eigenvalue weighted by Crippen LogP contribution is 2.24. The van der Waals surface area contributed by atoms with E-state index in [1.165, 1.54) is 4.90 Å². The van der Waals surface area contributed by atoms with Crippen LogP contribution in [0.5, 0.6) is 11.5 Å². The van der Waals surface area contributed by atoms with E-state index in [2.05, 4.69) is 35.6 Å². The maximum atomic E-state index is 12.9. The van der Waals surface area contributed by atoms with Crippen LogP contribution in [0.4, 0.5) is 0 Å². The highest BCUT2D eigenvalue weighted by molar-refractivity contribution is 7.98. The van der Waals surface area contributed by atoms with Crippen molar-refractivity contribution >= 4 is 23.4 Å². The molecule has 28 heavy (non-hydrogen) atoms. The number of amides is 1. The van der Waals surface area contributed by atoms with Gasteiger partial charge in [0.1, 0.15) is 11.5 Å². The topological polar surface area (TPSA) is 41.9 Å². The highest BCUT2D eigenvalue weighted by Gasteiger charge is 2.23. The number of hydrazone groups is 1. The summed E-state index contributed by atoms with van der Waals surface area (Å²) in [7, 11) is 0. The number of rotatable bonds is 5. The number of carbonyl (C=O) groups excluding carboxylic acids is 1. The van der Waals surface area contributed by atoms with E-state index < -0.39 is 0 Å². The van der Waals surface area contributed by atoms with Crippen LogP contribution < -0.4 is 4.74 Å². The van der Waals surface area contributed by atoms with Crippen molar-refractivity contribution in [1.82, 2.24) is 5.01 Å². The van der Waals surface area contributed by atoms with Crippen LogP contribution >= 0.6 is 11.8 Å². The molecule has 1 heterocycles. The summed E-state index contributed by atoms with van der Waals surface area (Å²) in [6, 6.07) is 25.0. The van der Waals surface area contributed by atoms with Crippen molar-refractivity contribution in [3.63, 3.8) is 0 Å². The number of thioether (sulfide) groups is 1. The van der Waals surface area contributed by atoms with Gasteiger partial charge in [0.05, 0.1) is 12.3 Å². The quantitative estimate of drug-likeness (QED) is 0.546. The van der Waals surface area contributed by atoms with E-state index in [0.717, 1.165) is 23.4 Å². The van der Waals surface area contributed by atoms with Gasteiger partial charge in [-0.1, -0.05) is 36.4 Å². The largest absolute Gasteiger partial charge is 0.457 e. The zero-order chi connectivity index (χ0) is 19.3. The molecule has 5 heteroatoms. The molecule has 0 aliphatic carbocycles. The average molecular weight is 388 g/mol. The first-order valence-electron chi connectivity index (χ1n) is 9.10. The minimum atomic E-state index is -0.116. The molecule has 140 valence electrons. The van der Waals surface area contributed by atoms with Gasteiger partial charge < -0.3 is 4.74 Å². The molecule has 0 fully saturated rings. The summed E-state index contributed by atoms with van der Waals surface area (Å²) < 4.78 is 5.84. The molecule has 0 unspecified atom stereocenters. The van der Waals surface area contributed by atoms with Gasteiger partial charge in [0, 0.05) is 16.9 Å². The Labute approximate surface area is 168 Å². The van der Waals surface area contributed by atoms with Crippen molar-refractivity contribution in [1.29, 1.82) is 0 Å². The second kappa shape index (κ2) is 8.31. The normalized spacial score (nSPS) is 13.3. The fourth-order valence-electron chi connectivity index (χ4n) is 3.06. The van der Waals surface area contributed by atoms with Gasteiger partial charge in [0.25, 0.3) is 5.91 Å². The van der Waals surface area contributed by atoms with Crippen LogP contribution in [0.2, 0.25) is 0 Å². The number of hydrogen-bond donors (Lipinski definition) is 0. The van der Waals surface area contributed by atoms with Gasteiger partial charge in [-0.3, -0.25) is 4.79 Å². The van der Waals surface area contributed by atoms with E-state index in [9.17, 15) is 4.79 Å². The molecule has 0 aromatic heterocycles. The van der Waals surface area contributed by atoms with Gasteiger partial charge in [-0.2, -0.15) is 5.10 Å². The molecular weight excluding hydrogens is 368 g/mol. The Balaban J connectivity index is 1.50. The van der Waals surface area contributed by atoms with Gasteiger partial charge in [-0.05, 0) is 54.3 Å². The summed E-state index contributed by atoms with van der Waals surface area (Å²) in [4.78, 5) is 14.1. The predicted molar refractivity (Wildman–Crippen MR) is 113 cm³/mol. The Kier molecular flexibility index (Phi) is 5.44. The van der Waals surface area contributed by atoms with E-state index in [4.69, 9.17) is 4.74 Å². The van der Waals surface area contributed by atoms with Crippen molar-refractivity contribution in [2.24, 2.45) is 5.10 Å². The molecule has 1 aliphatic rings. The lowest BCUT2D eigenvalue weighted by Gasteiger charge is -2.12. The van der Waals surface area contributed by atoms with Gasteiger partial charge in [0.2, 0.25) is 0 Å². The Morgan fingerprint density at radius 1 is 0.964 bits per heavy atom. The molecule has 4 nitrogen and oxygen atoms in total. The molecule has 0 radical (unpaired) electrons. The predicted octanol–water partition coefficient (Wildman–Crippen LogP) is 5.45. The third-order valence-electron chi connectivity index (χ3n) is 4.52. The summed E-state index contributed by atoms with van der Waals surface area (Å²) in [6.07, 6.45) is 2.81. The maximum absolute atomic E-state index is 12.9. The number of carbonyl (C=O) groups is 1. The molecule has 1 aliphatic heterocycles. The van der Waals surface area contributed by atoms with Gasteiger partial charge >= 0.3 is 0 Å². The van der Waals surface area contributed by atoms with Crippen LogP contribution in [-0.2, 0) is 0 Å². The number of nitrogens with zero attached hydrogens (tertiary/aromatic N) is 2. The van der Waals surface area contributed by atoms with E-state index in [1.54, 1.807) is 28.9 Å². The van der Waals surface area contributed by atoms with Crippen molar-refractivity contribution in [3.05, 3.63) is 90.0 Å². The van der Waals surface area contributed by atoms with E-state index in [-0.39, 0.29) is 5.91 Å². The fraction of sp³-hybridized carbons (Fsp3) is 0.130. The first-order chi connectivity index (χ1) is 13.7. The molecule has 0 spiro atoms. The Morgan fingerprint density at radius 2 is 1.71 bits per heavy atom. The summed E-state index contributed by atoms with van der Waals surface area (Å²) >= 11 is 1.71. The van der Waals surface area contributed by atoms with E-state index in [0.29, 0.717) is 17.9 Å². The molecule has 3 aromatic rings. The highest BCUT2D eigenvalue weighted by atomic mass is 32.2. The lowest BCUT2D eigenvalue weighted by atomic mass is 10.1. The average Bonchev–Trinajstić information content (AvgIpc) is 3.24. The van der Waals surface area contributed by atoms with Crippen LogP contribution in [0.15, 0.2) is 88.9 Å². The Bertz CT molecular complexity index is 1000. The standard InChI is InChI=1S/C23H20N2O2S/c1-28-21-12-10-17(11-13-21)22-14-15-25(24-22)23(26)18-6-5-9-20(16-18)27-19-7-3-2-4-8-19/h2-13,16H,14-15H2,1H3. The Morgan fingerprint density at radius 3 is 2.46 bits per heavy atom. The molecule has 0 saturated heterocycles.